The maximum atomic E-state index is 11.7. The number of hydrogen-bond donors (Lipinski definition) is 1. The molecule has 0 saturated heterocycles. The Hall–Kier alpha value is -1.32. The van der Waals surface area contributed by atoms with E-state index in [9.17, 15) is 4.79 Å². The van der Waals surface area contributed by atoms with Gasteiger partial charge in [0.1, 0.15) is 0 Å². The zero-order valence-corrected chi connectivity index (χ0v) is 10.5. The van der Waals surface area contributed by atoms with Crippen LogP contribution in [-0.4, -0.2) is 21.7 Å². The molecule has 1 amide bonds. The first-order valence-corrected chi connectivity index (χ1v) is 6.58. The van der Waals surface area contributed by atoms with Crippen LogP contribution < -0.4 is 5.32 Å². The van der Waals surface area contributed by atoms with Crippen molar-refractivity contribution in [3.05, 3.63) is 18.0 Å². The molecule has 4 nitrogen and oxygen atoms in total. The predicted octanol–water partition coefficient (Wildman–Crippen LogP) is 1.89. The van der Waals surface area contributed by atoms with Crippen LogP contribution in [0.5, 0.6) is 0 Å². The van der Waals surface area contributed by atoms with Crippen molar-refractivity contribution in [3.63, 3.8) is 0 Å². The van der Waals surface area contributed by atoms with Crippen molar-refractivity contribution in [1.29, 1.82) is 0 Å². The summed E-state index contributed by atoms with van der Waals surface area (Å²) in [5, 5.41) is 7.32. The van der Waals surface area contributed by atoms with Crippen LogP contribution in [0.3, 0.4) is 0 Å². The zero-order chi connectivity index (χ0) is 12.1. The molecule has 17 heavy (non-hydrogen) atoms. The fourth-order valence-electron chi connectivity index (χ4n) is 2.30. The van der Waals surface area contributed by atoms with Crippen molar-refractivity contribution in [2.75, 3.05) is 0 Å². The van der Waals surface area contributed by atoms with E-state index in [1.807, 2.05) is 17.1 Å². The van der Waals surface area contributed by atoms with Crippen molar-refractivity contribution in [2.45, 2.75) is 58.0 Å². The van der Waals surface area contributed by atoms with Crippen LogP contribution in [0.4, 0.5) is 0 Å². The second kappa shape index (κ2) is 5.84. The summed E-state index contributed by atoms with van der Waals surface area (Å²) in [6.07, 6.45) is 10.2. The minimum Gasteiger partial charge on any atom is -0.353 e. The summed E-state index contributed by atoms with van der Waals surface area (Å²) in [7, 11) is 0. The number of hydrogen-bond acceptors (Lipinski definition) is 2. The number of nitrogens with zero attached hydrogens (tertiary/aromatic N) is 2. The van der Waals surface area contributed by atoms with Gasteiger partial charge in [0.25, 0.3) is 0 Å². The number of amides is 1. The number of aryl methyl sites for hydroxylation is 2. The lowest BCUT2D eigenvalue weighted by Gasteiger charge is -2.11. The highest BCUT2D eigenvalue weighted by atomic mass is 16.1. The molecule has 0 radical (unpaired) electrons. The molecule has 1 aromatic rings. The van der Waals surface area contributed by atoms with E-state index in [0.29, 0.717) is 19.0 Å². The largest absolute Gasteiger partial charge is 0.353 e. The van der Waals surface area contributed by atoms with Crippen LogP contribution in [0.1, 0.15) is 44.6 Å². The molecule has 0 unspecified atom stereocenters. The van der Waals surface area contributed by atoms with E-state index in [-0.39, 0.29) is 5.91 Å². The first-order chi connectivity index (χ1) is 8.28. The molecule has 1 aliphatic carbocycles. The third kappa shape index (κ3) is 3.58. The average Bonchev–Trinajstić information content (AvgIpc) is 2.96. The third-order valence-electron chi connectivity index (χ3n) is 3.38. The van der Waals surface area contributed by atoms with E-state index >= 15 is 0 Å². The molecule has 94 valence electrons. The van der Waals surface area contributed by atoms with Gasteiger partial charge in [0, 0.05) is 25.2 Å². The Bertz CT molecular complexity index is 366. The van der Waals surface area contributed by atoms with Crippen LogP contribution in [0, 0.1) is 0 Å². The Labute approximate surface area is 102 Å². The van der Waals surface area contributed by atoms with Gasteiger partial charge in [0.2, 0.25) is 5.91 Å². The lowest BCUT2D eigenvalue weighted by atomic mass is 10.2. The van der Waals surface area contributed by atoms with Gasteiger partial charge in [0.05, 0.1) is 6.20 Å². The van der Waals surface area contributed by atoms with Crippen LogP contribution in [0.2, 0.25) is 0 Å². The molecular formula is C13H21N3O. The quantitative estimate of drug-likeness (QED) is 0.847. The van der Waals surface area contributed by atoms with E-state index in [1.165, 1.54) is 18.4 Å². The summed E-state index contributed by atoms with van der Waals surface area (Å²) in [5.41, 5.74) is 1.22. The number of carbonyl (C=O) groups excluding carboxylic acids is 1. The normalized spacial score (nSPS) is 16.3. The summed E-state index contributed by atoms with van der Waals surface area (Å²) >= 11 is 0. The standard InChI is InChI=1S/C13H21N3O/c1-2-11-9-14-16(10-11)8-7-13(17)15-12-5-3-4-6-12/h9-10,12H,2-8H2,1H3,(H,15,17). The van der Waals surface area contributed by atoms with Crippen LogP contribution in [-0.2, 0) is 17.8 Å². The maximum absolute atomic E-state index is 11.7. The maximum Gasteiger partial charge on any atom is 0.222 e. The molecule has 0 bridgehead atoms. The molecule has 0 aromatic carbocycles. The number of nitrogens with one attached hydrogen (secondary N) is 1. The van der Waals surface area contributed by atoms with Gasteiger partial charge in [-0.3, -0.25) is 9.48 Å². The van der Waals surface area contributed by atoms with Crippen molar-refractivity contribution >= 4 is 5.91 Å². The molecule has 4 heteroatoms. The number of carbonyl (C=O) groups is 1. The minimum absolute atomic E-state index is 0.158. The molecule has 1 aromatic heterocycles. The molecule has 1 fully saturated rings. The molecule has 1 heterocycles. The lowest BCUT2D eigenvalue weighted by Crippen LogP contribution is -2.33. The SMILES string of the molecule is CCc1cnn(CCC(=O)NC2CCCC2)c1. The first kappa shape index (κ1) is 12.1. The Morgan fingerprint density at radius 1 is 1.53 bits per heavy atom. The highest BCUT2D eigenvalue weighted by Crippen LogP contribution is 2.17. The van der Waals surface area contributed by atoms with Gasteiger partial charge in [-0.1, -0.05) is 19.8 Å². The fraction of sp³-hybridized carbons (Fsp3) is 0.692. The van der Waals surface area contributed by atoms with E-state index in [1.54, 1.807) is 0 Å². The van der Waals surface area contributed by atoms with Crippen molar-refractivity contribution in [2.24, 2.45) is 0 Å². The molecular weight excluding hydrogens is 214 g/mol. The van der Waals surface area contributed by atoms with E-state index in [4.69, 9.17) is 0 Å². The summed E-state index contributed by atoms with van der Waals surface area (Å²) < 4.78 is 1.85. The number of rotatable bonds is 5. The fourth-order valence-corrected chi connectivity index (χ4v) is 2.30. The van der Waals surface area contributed by atoms with Crippen LogP contribution in [0.25, 0.3) is 0 Å². The highest BCUT2D eigenvalue weighted by molar-refractivity contribution is 5.76. The summed E-state index contributed by atoms with van der Waals surface area (Å²) in [6.45, 7) is 2.78. The Morgan fingerprint density at radius 3 is 2.94 bits per heavy atom. The van der Waals surface area contributed by atoms with Crippen molar-refractivity contribution < 1.29 is 4.79 Å². The van der Waals surface area contributed by atoms with Crippen LogP contribution in [0.15, 0.2) is 12.4 Å². The van der Waals surface area contributed by atoms with Crippen LogP contribution >= 0.6 is 0 Å². The van der Waals surface area contributed by atoms with E-state index in [0.717, 1.165) is 19.3 Å². The van der Waals surface area contributed by atoms with E-state index < -0.39 is 0 Å². The molecule has 1 aliphatic rings. The van der Waals surface area contributed by atoms with Gasteiger partial charge >= 0.3 is 0 Å². The smallest absolute Gasteiger partial charge is 0.222 e. The van der Waals surface area contributed by atoms with Gasteiger partial charge in [-0.2, -0.15) is 5.10 Å². The summed E-state index contributed by atoms with van der Waals surface area (Å²) in [4.78, 5) is 11.7. The van der Waals surface area contributed by atoms with Gasteiger partial charge in [-0.15, -0.1) is 0 Å². The monoisotopic (exact) mass is 235 g/mol. The second-order valence-electron chi connectivity index (χ2n) is 4.76. The highest BCUT2D eigenvalue weighted by Gasteiger charge is 2.16. The summed E-state index contributed by atoms with van der Waals surface area (Å²) in [6, 6.07) is 0.423. The second-order valence-corrected chi connectivity index (χ2v) is 4.76. The molecule has 2 rings (SSSR count). The molecule has 1 saturated carbocycles. The first-order valence-electron chi connectivity index (χ1n) is 6.58. The number of aromatic nitrogens is 2. The van der Waals surface area contributed by atoms with Crippen molar-refractivity contribution in [1.82, 2.24) is 15.1 Å². The molecule has 0 aliphatic heterocycles. The molecule has 0 atom stereocenters. The van der Waals surface area contributed by atoms with Crippen molar-refractivity contribution in [3.8, 4) is 0 Å². The van der Waals surface area contributed by atoms with Gasteiger partial charge in [-0.25, -0.2) is 0 Å². The minimum atomic E-state index is 0.158. The van der Waals surface area contributed by atoms with Gasteiger partial charge in [-0.05, 0) is 24.8 Å². The topological polar surface area (TPSA) is 46.9 Å². The summed E-state index contributed by atoms with van der Waals surface area (Å²) in [5.74, 6) is 0.158. The third-order valence-corrected chi connectivity index (χ3v) is 3.38. The zero-order valence-electron chi connectivity index (χ0n) is 10.5. The predicted molar refractivity (Wildman–Crippen MR) is 66.6 cm³/mol. The molecule has 0 spiro atoms. The lowest BCUT2D eigenvalue weighted by molar-refractivity contribution is -0.122. The van der Waals surface area contributed by atoms with Gasteiger partial charge < -0.3 is 5.32 Å². The van der Waals surface area contributed by atoms with Gasteiger partial charge in [0.15, 0.2) is 0 Å². The van der Waals surface area contributed by atoms with E-state index in [2.05, 4.69) is 17.3 Å². The molecule has 1 N–H and O–H groups in total. The Morgan fingerprint density at radius 2 is 2.29 bits per heavy atom. The average molecular weight is 235 g/mol. The Kier molecular flexibility index (Phi) is 4.18. The Balaban J connectivity index is 1.71.